The lowest BCUT2D eigenvalue weighted by Crippen LogP contribution is -2.18. The van der Waals surface area contributed by atoms with Crippen LogP contribution < -0.4 is 9.46 Å². The summed E-state index contributed by atoms with van der Waals surface area (Å²) in [5.74, 6) is -0.639. The van der Waals surface area contributed by atoms with Crippen LogP contribution in [0.25, 0.3) is 10.9 Å². The monoisotopic (exact) mass is 402 g/mol. The molecule has 3 aromatic rings. The molecule has 0 aliphatic heterocycles. The second-order valence-electron chi connectivity index (χ2n) is 5.12. The van der Waals surface area contributed by atoms with Gasteiger partial charge < -0.3 is 4.74 Å². The molecule has 1 heterocycles. The van der Waals surface area contributed by atoms with E-state index >= 15 is 0 Å². The summed E-state index contributed by atoms with van der Waals surface area (Å²) < 4.78 is 68.1. The topological polar surface area (TPSA) is 68.3 Å². The van der Waals surface area contributed by atoms with E-state index in [4.69, 9.17) is 11.6 Å². The quantitative estimate of drug-likeness (QED) is 0.693. The number of alkyl halides is 3. The Kier molecular flexibility index (Phi) is 4.68. The van der Waals surface area contributed by atoms with E-state index in [2.05, 4.69) is 14.4 Å². The Labute approximate surface area is 151 Å². The van der Waals surface area contributed by atoms with Gasteiger partial charge in [-0.15, -0.1) is 13.2 Å². The summed E-state index contributed by atoms with van der Waals surface area (Å²) in [7, 11) is -4.18. The average Bonchev–Trinajstić information content (AvgIpc) is 2.56. The van der Waals surface area contributed by atoms with Crippen LogP contribution in [-0.2, 0) is 10.0 Å². The molecule has 0 aliphatic carbocycles. The molecule has 0 saturated carbocycles. The third kappa shape index (κ3) is 4.00. The Morgan fingerprint density at radius 1 is 1.08 bits per heavy atom. The number of nitrogens with one attached hydrogen (secondary N) is 1. The zero-order chi connectivity index (χ0) is 18.9. The maximum atomic E-state index is 12.5. The molecule has 0 bridgehead atoms. The van der Waals surface area contributed by atoms with Crippen LogP contribution in [0.5, 0.6) is 5.75 Å². The molecule has 0 spiro atoms. The van der Waals surface area contributed by atoms with Gasteiger partial charge >= 0.3 is 6.36 Å². The van der Waals surface area contributed by atoms with Crippen LogP contribution in [0.15, 0.2) is 59.6 Å². The minimum Gasteiger partial charge on any atom is -0.406 e. The van der Waals surface area contributed by atoms with E-state index in [1.165, 1.54) is 18.3 Å². The molecule has 5 nitrogen and oxygen atoms in total. The number of benzene rings is 2. The van der Waals surface area contributed by atoms with E-state index < -0.39 is 27.0 Å². The fourth-order valence-corrected chi connectivity index (χ4v) is 3.58. The first-order valence-corrected chi connectivity index (χ1v) is 8.94. The highest BCUT2D eigenvalue weighted by atomic mass is 35.5. The van der Waals surface area contributed by atoms with Gasteiger partial charge in [-0.2, -0.15) is 0 Å². The number of hydrogen-bond acceptors (Lipinski definition) is 4. The molecule has 136 valence electrons. The van der Waals surface area contributed by atoms with E-state index in [1.807, 2.05) is 0 Å². The van der Waals surface area contributed by atoms with Crippen LogP contribution in [0, 0.1) is 0 Å². The van der Waals surface area contributed by atoms with Crippen LogP contribution in [0.2, 0.25) is 5.02 Å². The second kappa shape index (κ2) is 6.65. The predicted octanol–water partition coefficient (Wildman–Crippen LogP) is 4.59. The zero-order valence-corrected chi connectivity index (χ0v) is 14.4. The number of anilines is 1. The summed E-state index contributed by atoms with van der Waals surface area (Å²) in [5.41, 5.74) is 0.457. The fraction of sp³-hybridized carbons (Fsp3) is 0.0625. The maximum absolute atomic E-state index is 12.5. The molecule has 0 unspecified atom stereocenters. The first-order chi connectivity index (χ1) is 12.2. The highest BCUT2D eigenvalue weighted by molar-refractivity contribution is 7.92. The van der Waals surface area contributed by atoms with E-state index in [0.717, 1.165) is 24.3 Å². The molecule has 0 atom stereocenters. The van der Waals surface area contributed by atoms with E-state index in [0.29, 0.717) is 15.9 Å². The molecule has 2 aromatic carbocycles. The number of aromatic nitrogens is 1. The number of ether oxygens (including phenoxy) is 1. The highest BCUT2D eigenvalue weighted by Crippen LogP contribution is 2.30. The maximum Gasteiger partial charge on any atom is 0.573 e. The molecule has 0 aliphatic rings. The Balaban J connectivity index is 1.98. The molecular formula is C16H10ClF3N2O3S. The van der Waals surface area contributed by atoms with Gasteiger partial charge in [0, 0.05) is 17.6 Å². The van der Waals surface area contributed by atoms with E-state index in [-0.39, 0.29) is 5.69 Å². The Hall–Kier alpha value is -2.52. The number of rotatable bonds is 4. The van der Waals surface area contributed by atoms with Crippen LogP contribution >= 0.6 is 11.6 Å². The summed E-state index contributed by atoms with van der Waals surface area (Å²) in [5, 5.41) is 0.917. The van der Waals surface area contributed by atoms with Crippen LogP contribution in [0.1, 0.15) is 0 Å². The largest absolute Gasteiger partial charge is 0.573 e. The van der Waals surface area contributed by atoms with Crippen LogP contribution in [-0.4, -0.2) is 19.8 Å². The molecule has 3 rings (SSSR count). The fourth-order valence-electron chi connectivity index (χ4n) is 2.26. The Morgan fingerprint density at radius 2 is 1.85 bits per heavy atom. The second-order valence-corrected chi connectivity index (χ2v) is 7.21. The summed E-state index contributed by atoms with van der Waals surface area (Å²) in [4.78, 5) is 3.71. The summed E-state index contributed by atoms with van der Waals surface area (Å²) >= 11 is 6.06. The lowest BCUT2D eigenvalue weighted by molar-refractivity contribution is -0.274. The Morgan fingerprint density at radius 3 is 2.58 bits per heavy atom. The number of hydrogen-bond donors (Lipinski definition) is 1. The third-order valence-corrected chi connectivity index (χ3v) is 5.00. The SMILES string of the molecule is O=S(=O)(Nc1ccc(Cl)c2cccnc12)c1cccc(OC(F)(F)F)c1. The number of pyridine rings is 1. The van der Waals surface area contributed by atoms with Crippen molar-refractivity contribution in [2.24, 2.45) is 0 Å². The van der Waals surface area contributed by atoms with Crippen molar-refractivity contribution in [3.8, 4) is 5.75 Å². The van der Waals surface area contributed by atoms with Crippen LogP contribution in [0.4, 0.5) is 18.9 Å². The number of halogens is 4. The molecular weight excluding hydrogens is 393 g/mol. The minimum absolute atomic E-state index is 0.146. The molecule has 26 heavy (non-hydrogen) atoms. The molecule has 0 amide bonds. The number of nitrogens with zero attached hydrogens (tertiary/aromatic N) is 1. The lowest BCUT2D eigenvalue weighted by Gasteiger charge is -2.13. The van der Waals surface area contributed by atoms with Gasteiger partial charge in [0.15, 0.2) is 0 Å². The first-order valence-electron chi connectivity index (χ1n) is 7.07. The van der Waals surface area contributed by atoms with Crippen molar-refractivity contribution in [1.82, 2.24) is 4.98 Å². The number of sulfonamides is 1. The van der Waals surface area contributed by atoms with Gasteiger partial charge in [-0.05, 0) is 36.4 Å². The van der Waals surface area contributed by atoms with E-state index in [9.17, 15) is 21.6 Å². The smallest absolute Gasteiger partial charge is 0.406 e. The summed E-state index contributed by atoms with van der Waals surface area (Å²) in [6.07, 6.45) is -3.46. The van der Waals surface area contributed by atoms with Crippen molar-refractivity contribution < 1.29 is 26.3 Å². The van der Waals surface area contributed by atoms with Crippen molar-refractivity contribution in [1.29, 1.82) is 0 Å². The Bertz CT molecular complexity index is 1070. The highest BCUT2D eigenvalue weighted by Gasteiger charge is 2.31. The van der Waals surface area contributed by atoms with Crippen molar-refractivity contribution in [3.05, 3.63) is 59.8 Å². The predicted molar refractivity (Wildman–Crippen MR) is 90.7 cm³/mol. The van der Waals surface area contributed by atoms with Gasteiger partial charge in [0.1, 0.15) is 5.75 Å². The zero-order valence-electron chi connectivity index (χ0n) is 12.8. The first kappa shape index (κ1) is 18.3. The summed E-state index contributed by atoms with van der Waals surface area (Å²) in [6.45, 7) is 0. The standard InChI is InChI=1S/C16H10ClF3N2O3S/c17-13-6-7-14(15-12(13)5-2-8-21-15)22-26(23,24)11-4-1-3-10(9-11)25-16(18,19)20/h1-9,22H. The molecule has 0 radical (unpaired) electrons. The van der Waals surface area contributed by atoms with Gasteiger partial charge in [-0.25, -0.2) is 8.42 Å². The van der Waals surface area contributed by atoms with Crippen LogP contribution in [0.3, 0.4) is 0 Å². The summed E-state index contributed by atoms with van der Waals surface area (Å²) in [6, 6.07) is 10.3. The lowest BCUT2D eigenvalue weighted by atomic mass is 10.2. The number of fused-ring (bicyclic) bond motifs is 1. The molecule has 1 aromatic heterocycles. The average molecular weight is 403 g/mol. The van der Waals surface area contributed by atoms with Crippen molar-refractivity contribution in [2.45, 2.75) is 11.3 Å². The molecule has 0 saturated heterocycles. The van der Waals surface area contributed by atoms with Crippen molar-refractivity contribution >= 4 is 38.2 Å². The van der Waals surface area contributed by atoms with Crippen molar-refractivity contribution in [3.63, 3.8) is 0 Å². The van der Waals surface area contributed by atoms with Crippen molar-refractivity contribution in [2.75, 3.05) is 4.72 Å². The van der Waals surface area contributed by atoms with Gasteiger partial charge in [-0.3, -0.25) is 9.71 Å². The minimum atomic E-state index is -4.92. The normalized spacial score (nSPS) is 12.2. The van der Waals surface area contributed by atoms with Gasteiger partial charge in [-0.1, -0.05) is 17.7 Å². The van der Waals surface area contributed by atoms with Gasteiger partial charge in [0.25, 0.3) is 10.0 Å². The molecule has 1 N–H and O–H groups in total. The third-order valence-electron chi connectivity index (χ3n) is 3.31. The molecule has 0 fully saturated rings. The molecule has 10 heteroatoms. The van der Waals surface area contributed by atoms with Gasteiger partial charge in [0.2, 0.25) is 0 Å². The van der Waals surface area contributed by atoms with Gasteiger partial charge in [0.05, 0.1) is 21.1 Å². The van der Waals surface area contributed by atoms with E-state index in [1.54, 1.807) is 12.1 Å².